The molecule has 2 N–H and O–H groups in total. The van der Waals surface area contributed by atoms with Crippen LogP contribution in [0.2, 0.25) is 0 Å². The molecule has 1 aromatic heterocycles. The van der Waals surface area contributed by atoms with Gasteiger partial charge in [0.05, 0.1) is 5.75 Å². The van der Waals surface area contributed by atoms with Crippen molar-refractivity contribution >= 4 is 23.7 Å². The van der Waals surface area contributed by atoms with Crippen LogP contribution in [0.5, 0.6) is 0 Å². The van der Waals surface area contributed by atoms with E-state index in [1.807, 2.05) is 45.0 Å². The summed E-state index contributed by atoms with van der Waals surface area (Å²) in [7, 11) is 0. The molecule has 0 saturated carbocycles. The number of thioether (sulfide) groups is 1. The number of amides is 3. The number of hydrogen-bond donors (Lipinski definition) is 2. The Morgan fingerprint density at radius 3 is 2.71 bits per heavy atom. The molecule has 7 nitrogen and oxygen atoms in total. The smallest absolute Gasteiger partial charge is 0.321 e. The van der Waals surface area contributed by atoms with Gasteiger partial charge in [0.15, 0.2) is 0 Å². The van der Waals surface area contributed by atoms with E-state index in [2.05, 4.69) is 20.8 Å². The van der Waals surface area contributed by atoms with Gasteiger partial charge in [0.25, 0.3) is 5.22 Å². The first-order chi connectivity index (χ1) is 11.5. The van der Waals surface area contributed by atoms with Crippen LogP contribution in [0.15, 0.2) is 33.9 Å². The van der Waals surface area contributed by atoms with Crippen LogP contribution in [0.4, 0.5) is 4.79 Å². The summed E-state index contributed by atoms with van der Waals surface area (Å²) in [4.78, 5) is 23.2. The second-order valence-corrected chi connectivity index (χ2v) is 6.56. The molecule has 24 heavy (non-hydrogen) atoms. The van der Waals surface area contributed by atoms with Gasteiger partial charge < -0.3 is 9.73 Å². The quantitative estimate of drug-likeness (QED) is 0.779. The molecule has 0 aliphatic rings. The molecule has 0 spiro atoms. The Morgan fingerprint density at radius 2 is 2.00 bits per heavy atom. The van der Waals surface area contributed by atoms with Gasteiger partial charge in [0.2, 0.25) is 11.8 Å². The molecule has 2 rings (SSSR count). The zero-order valence-electron chi connectivity index (χ0n) is 13.8. The Bertz CT molecular complexity index is 715. The fourth-order valence-corrected chi connectivity index (χ4v) is 2.38. The molecule has 1 heterocycles. The van der Waals surface area contributed by atoms with E-state index < -0.39 is 11.9 Å². The van der Waals surface area contributed by atoms with Crippen LogP contribution in [0.3, 0.4) is 0 Å². The Morgan fingerprint density at radius 1 is 1.25 bits per heavy atom. The Balaban J connectivity index is 1.84. The summed E-state index contributed by atoms with van der Waals surface area (Å²) in [5, 5.41) is 13.0. The number of nitrogens with zero attached hydrogens (tertiary/aromatic N) is 2. The van der Waals surface area contributed by atoms with Crippen LogP contribution in [-0.4, -0.2) is 34.4 Å². The summed E-state index contributed by atoms with van der Waals surface area (Å²) in [5.41, 5.74) is 1.88. The minimum absolute atomic E-state index is 0.0184. The number of nitrogens with one attached hydrogen (secondary N) is 2. The average molecular weight is 348 g/mol. The van der Waals surface area contributed by atoms with Crippen molar-refractivity contribution in [3.05, 3.63) is 29.8 Å². The topological polar surface area (TPSA) is 97.1 Å². The predicted molar refractivity (Wildman–Crippen MR) is 91.6 cm³/mol. The fourth-order valence-electron chi connectivity index (χ4n) is 1.82. The molecular weight excluding hydrogens is 328 g/mol. The first kappa shape index (κ1) is 18.0. The van der Waals surface area contributed by atoms with Crippen molar-refractivity contribution in [3.63, 3.8) is 0 Å². The number of hydrogen-bond acceptors (Lipinski definition) is 6. The molecule has 128 valence electrons. The van der Waals surface area contributed by atoms with Crippen molar-refractivity contribution in [1.82, 2.24) is 20.8 Å². The van der Waals surface area contributed by atoms with Crippen molar-refractivity contribution in [1.29, 1.82) is 0 Å². The summed E-state index contributed by atoms with van der Waals surface area (Å²) in [5.74, 6) is 0.325. The number of imide groups is 1. The van der Waals surface area contributed by atoms with E-state index in [0.29, 0.717) is 18.4 Å². The van der Waals surface area contributed by atoms with Crippen molar-refractivity contribution in [3.8, 4) is 11.5 Å². The van der Waals surface area contributed by atoms with Crippen molar-refractivity contribution in [2.75, 3.05) is 12.3 Å². The molecule has 8 heteroatoms. The summed E-state index contributed by atoms with van der Waals surface area (Å²) < 4.78 is 5.55. The van der Waals surface area contributed by atoms with E-state index in [9.17, 15) is 9.59 Å². The third-order valence-electron chi connectivity index (χ3n) is 3.03. The van der Waals surface area contributed by atoms with Gasteiger partial charge in [-0.25, -0.2) is 4.79 Å². The van der Waals surface area contributed by atoms with Crippen LogP contribution >= 0.6 is 11.8 Å². The SMILES string of the molecule is Cc1ccccc1-c1nnc(SCC(=O)NC(=O)NCC(C)C)o1. The highest BCUT2D eigenvalue weighted by Crippen LogP contribution is 2.25. The summed E-state index contributed by atoms with van der Waals surface area (Å²) >= 11 is 1.08. The lowest BCUT2D eigenvalue weighted by molar-refractivity contribution is -0.117. The molecule has 0 bridgehead atoms. The van der Waals surface area contributed by atoms with Crippen molar-refractivity contribution in [2.24, 2.45) is 5.92 Å². The molecule has 2 aromatic rings. The Kier molecular flexibility index (Phi) is 6.36. The Hall–Kier alpha value is -2.35. The van der Waals surface area contributed by atoms with Crippen LogP contribution in [0.1, 0.15) is 19.4 Å². The highest BCUT2D eigenvalue weighted by atomic mass is 32.2. The second-order valence-electron chi connectivity index (χ2n) is 5.63. The highest BCUT2D eigenvalue weighted by molar-refractivity contribution is 7.99. The van der Waals surface area contributed by atoms with Crippen LogP contribution in [0, 0.1) is 12.8 Å². The van der Waals surface area contributed by atoms with E-state index in [1.54, 1.807) is 0 Å². The zero-order valence-corrected chi connectivity index (χ0v) is 14.6. The first-order valence-corrected chi connectivity index (χ1v) is 8.54. The number of carbonyl (C=O) groups excluding carboxylic acids is 2. The molecule has 0 aliphatic heterocycles. The Labute approximate surface area is 144 Å². The third kappa shape index (κ3) is 5.38. The van der Waals surface area contributed by atoms with Gasteiger partial charge in [-0.05, 0) is 24.5 Å². The van der Waals surface area contributed by atoms with Crippen molar-refractivity contribution in [2.45, 2.75) is 26.0 Å². The number of aromatic nitrogens is 2. The molecule has 3 amide bonds. The molecule has 0 radical (unpaired) electrons. The lowest BCUT2D eigenvalue weighted by Crippen LogP contribution is -2.41. The van der Waals surface area contributed by atoms with Crippen LogP contribution < -0.4 is 10.6 Å². The molecule has 1 aromatic carbocycles. The number of aryl methyl sites for hydroxylation is 1. The maximum absolute atomic E-state index is 11.7. The highest BCUT2D eigenvalue weighted by Gasteiger charge is 2.13. The number of rotatable bonds is 6. The number of urea groups is 1. The van der Waals surface area contributed by atoms with Crippen molar-refractivity contribution < 1.29 is 14.0 Å². The number of carbonyl (C=O) groups is 2. The monoisotopic (exact) mass is 348 g/mol. The van der Waals surface area contributed by atoms with Gasteiger partial charge in [0.1, 0.15) is 0 Å². The second kappa shape index (κ2) is 8.49. The van der Waals surface area contributed by atoms with Gasteiger partial charge in [-0.15, -0.1) is 10.2 Å². The molecule has 0 fully saturated rings. The van der Waals surface area contributed by atoms with E-state index in [4.69, 9.17) is 4.42 Å². The third-order valence-corrected chi connectivity index (χ3v) is 3.85. The van der Waals surface area contributed by atoms with E-state index >= 15 is 0 Å². The number of benzene rings is 1. The van der Waals surface area contributed by atoms with Crippen LogP contribution in [-0.2, 0) is 4.79 Å². The van der Waals surface area contributed by atoms with E-state index in [-0.39, 0.29) is 11.0 Å². The lowest BCUT2D eigenvalue weighted by atomic mass is 10.1. The summed E-state index contributed by atoms with van der Waals surface area (Å²) in [6.07, 6.45) is 0. The fraction of sp³-hybridized carbons (Fsp3) is 0.375. The molecule has 0 unspecified atom stereocenters. The predicted octanol–water partition coefficient (Wildman–Crippen LogP) is 2.62. The van der Waals surface area contributed by atoms with Gasteiger partial charge in [0, 0.05) is 12.1 Å². The van der Waals surface area contributed by atoms with Gasteiger partial charge >= 0.3 is 6.03 Å². The van der Waals surface area contributed by atoms with Gasteiger partial charge in [-0.3, -0.25) is 10.1 Å². The summed E-state index contributed by atoms with van der Waals surface area (Å²) in [6, 6.07) is 7.17. The standard InChI is InChI=1S/C16H20N4O3S/c1-10(2)8-17-15(22)18-13(21)9-24-16-20-19-14(23-16)12-7-5-4-6-11(12)3/h4-7,10H,8-9H2,1-3H3,(H2,17,18,21,22). The lowest BCUT2D eigenvalue weighted by Gasteiger charge is -2.07. The molecule has 0 atom stereocenters. The maximum atomic E-state index is 11.7. The molecular formula is C16H20N4O3S. The normalized spacial score (nSPS) is 10.7. The summed E-state index contributed by atoms with van der Waals surface area (Å²) in [6.45, 7) is 6.41. The van der Waals surface area contributed by atoms with Gasteiger partial charge in [-0.1, -0.05) is 43.8 Å². The largest absolute Gasteiger partial charge is 0.411 e. The van der Waals surface area contributed by atoms with Crippen LogP contribution in [0.25, 0.3) is 11.5 Å². The van der Waals surface area contributed by atoms with E-state index in [0.717, 1.165) is 22.9 Å². The maximum Gasteiger partial charge on any atom is 0.321 e. The van der Waals surface area contributed by atoms with E-state index in [1.165, 1.54) is 0 Å². The minimum Gasteiger partial charge on any atom is -0.411 e. The molecule has 0 aliphatic carbocycles. The average Bonchev–Trinajstić information content (AvgIpc) is 3.00. The molecule has 0 saturated heterocycles. The zero-order chi connectivity index (χ0) is 17.5. The minimum atomic E-state index is -0.500. The first-order valence-electron chi connectivity index (χ1n) is 7.55. The van der Waals surface area contributed by atoms with Gasteiger partial charge in [-0.2, -0.15) is 0 Å².